The van der Waals surface area contributed by atoms with E-state index in [2.05, 4.69) is 10.3 Å². The smallest absolute Gasteiger partial charge is 0.271 e. The van der Waals surface area contributed by atoms with E-state index in [-0.39, 0.29) is 16.6 Å². The predicted molar refractivity (Wildman–Crippen MR) is 105 cm³/mol. The molecular weight excluding hydrogens is 364 g/mol. The molecule has 0 aliphatic heterocycles. The Balaban J connectivity index is 1.39. The minimum atomic E-state index is -0.136. The summed E-state index contributed by atoms with van der Waals surface area (Å²) in [7, 11) is 1.80. The van der Waals surface area contributed by atoms with E-state index in [1.165, 1.54) is 12.8 Å². The van der Waals surface area contributed by atoms with Gasteiger partial charge in [0.05, 0.1) is 6.10 Å². The molecule has 0 amide bonds. The number of ether oxygens (including phenoxy) is 1. The van der Waals surface area contributed by atoms with Crippen molar-refractivity contribution in [2.75, 3.05) is 12.4 Å². The van der Waals surface area contributed by atoms with Crippen molar-refractivity contribution in [1.82, 2.24) is 14.5 Å². The van der Waals surface area contributed by atoms with Gasteiger partial charge in [-0.1, -0.05) is 24.4 Å². The number of fused-ring (bicyclic) bond motifs is 1. The maximum absolute atomic E-state index is 12.7. The summed E-state index contributed by atoms with van der Waals surface area (Å²) in [4.78, 5) is 21.9. The summed E-state index contributed by atoms with van der Waals surface area (Å²) in [5, 5.41) is 4.54. The standard InChI is InChI=1S/C20H25ClN4O2/c1-27-15-9-20(10-15)7-13(8-20)23-19-22-11-12-6-16(21)18(26)25(17(12)24-19)14-4-2-3-5-14/h6,11,13-15H,2-5,7-10H2,1H3,(H,22,23,24). The van der Waals surface area contributed by atoms with E-state index in [9.17, 15) is 4.79 Å². The van der Waals surface area contributed by atoms with Crippen LogP contribution in [-0.4, -0.2) is 33.8 Å². The monoisotopic (exact) mass is 388 g/mol. The fourth-order valence-corrected chi connectivity index (χ4v) is 5.54. The number of methoxy groups -OCH3 is 1. The van der Waals surface area contributed by atoms with E-state index >= 15 is 0 Å². The Kier molecular flexibility index (Phi) is 4.17. The number of aromatic nitrogens is 3. The first-order valence-electron chi connectivity index (χ1n) is 9.94. The van der Waals surface area contributed by atoms with Crippen LogP contribution in [0, 0.1) is 5.41 Å². The number of nitrogens with zero attached hydrogens (tertiary/aromatic N) is 3. The highest BCUT2D eigenvalue weighted by atomic mass is 35.5. The highest BCUT2D eigenvalue weighted by Gasteiger charge is 2.53. The second-order valence-electron chi connectivity index (χ2n) is 8.59. The minimum Gasteiger partial charge on any atom is -0.381 e. The molecule has 0 aromatic carbocycles. The van der Waals surface area contributed by atoms with E-state index in [1.54, 1.807) is 23.9 Å². The summed E-state index contributed by atoms with van der Waals surface area (Å²) in [6, 6.07) is 2.28. The molecule has 2 aromatic rings. The highest BCUT2D eigenvalue weighted by molar-refractivity contribution is 6.31. The zero-order valence-electron chi connectivity index (χ0n) is 15.6. The fraction of sp³-hybridized carbons (Fsp3) is 0.650. The Morgan fingerprint density at radius 3 is 2.70 bits per heavy atom. The third-order valence-electron chi connectivity index (χ3n) is 6.77. The zero-order valence-corrected chi connectivity index (χ0v) is 16.3. The van der Waals surface area contributed by atoms with Crippen LogP contribution in [0.1, 0.15) is 57.4 Å². The minimum absolute atomic E-state index is 0.136. The second kappa shape index (κ2) is 6.45. The van der Waals surface area contributed by atoms with Crippen molar-refractivity contribution in [2.24, 2.45) is 5.41 Å². The summed E-state index contributed by atoms with van der Waals surface area (Å²) in [6.07, 6.45) is 11.1. The number of hydrogen-bond donors (Lipinski definition) is 1. The highest BCUT2D eigenvalue weighted by Crippen LogP contribution is 2.57. The van der Waals surface area contributed by atoms with Crippen molar-refractivity contribution in [1.29, 1.82) is 0 Å². The number of anilines is 1. The zero-order chi connectivity index (χ0) is 18.6. The van der Waals surface area contributed by atoms with Gasteiger partial charge in [0.1, 0.15) is 10.7 Å². The molecule has 5 rings (SSSR count). The van der Waals surface area contributed by atoms with Gasteiger partial charge >= 0.3 is 0 Å². The lowest BCUT2D eigenvalue weighted by molar-refractivity contribution is -0.105. The molecule has 0 bridgehead atoms. The molecule has 1 N–H and O–H groups in total. The largest absolute Gasteiger partial charge is 0.381 e. The molecule has 3 aliphatic carbocycles. The molecule has 1 spiro atoms. The van der Waals surface area contributed by atoms with Crippen LogP contribution < -0.4 is 10.9 Å². The first-order valence-corrected chi connectivity index (χ1v) is 10.3. The van der Waals surface area contributed by atoms with Crippen LogP contribution in [-0.2, 0) is 4.74 Å². The van der Waals surface area contributed by atoms with Gasteiger partial charge in [0.25, 0.3) is 5.56 Å². The lowest BCUT2D eigenvalue weighted by Gasteiger charge is -2.57. The Hall–Kier alpha value is -1.66. The van der Waals surface area contributed by atoms with E-state index in [1.807, 2.05) is 0 Å². The molecule has 0 atom stereocenters. The lowest BCUT2D eigenvalue weighted by atomic mass is 9.53. The van der Waals surface area contributed by atoms with Crippen molar-refractivity contribution >= 4 is 28.6 Å². The number of halogens is 1. The van der Waals surface area contributed by atoms with E-state index in [0.717, 1.165) is 43.9 Å². The van der Waals surface area contributed by atoms with Gasteiger partial charge in [-0.3, -0.25) is 9.36 Å². The molecule has 144 valence electrons. The summed E-state index contributed by atoms with van der Waals surface area (Å²) in [5.74, 6) is 0.610. The summed E-state index contributed by atoms with van der Waals surface area (Å²) in [6.45, 7) is 0. The molecule has 3 saturated carbocycles. The molecule has 2 heterocycles. The van der Waals surface area contributed by atoms with Crippen LogP contribution in [0.25, 0.3) is 11.0 Å². The molecule has 0 saturated heterocycles. The van der Waals surface area contributed by atoms with E-state index in [4.69, 9.17) is 21.3 Å². The number of rotatable bonds is 4. The van der Waals surface area contributed by atoms with Gasteiger partial charge in [0.15, 0.2) is 0 Å². The third kappa shape index (κ3) is 2.93. The maximum Gasteiger partial charge on any atom is 0.271 e. The van der Waals surface area contributed by atoms with E-state index in [0.29, 0.717) is 29.2 Å². The van der Waals surface area contributed by atoms with Crippen LogP contribution >= 0.6 is 11.6 Å². The van der Waals surface area contributed by atoms with Crippen molar-refractivity contribution in [3.63, 3.8) is 0 Å². The molecule has 6 nitrogen and oxygen atoms in total. The van der Waals surface area contributed by atoms with Gasteiger partial charge in [-0.25, -0.2) is 4.98 Å². The lowest BCUT2D eigenvalue weighted by Crippen LogP contribution is -2.55. The van der Waals surface area contributed by atoms with E-state index < -0.39 is 0 Å². The van der Waals surface area contributed by atoms with Crippen LogP contribution in [0.3, 0.4) is 0 Å². The topological polar surface area (TPSA) is 69.0 Å². The number of nitrogens with one attached hydrogen (secondary N) is 1. The Morgan fingerprint density at radius 2 is 2.00 bits per heavy atom. The SMILES string of the molecule is COC1CC2(CC(Nc3ncc4cc(Cl)c(=O)n(C5CCCC5)c4n3)C2)C1. The molecule has 3 aliphatic rings. The average Bonchev–Trinajstić information content (AvgIpc) is 3.11. The molecular formula is C20H25ClN4O2. The summed E-state index contributed by atoms with van der Waals surface area (Å²) >= 11 is 6.19. The van der Waals surface area contributed by atoms with Crippen LogP contribution in [0.5, 0.6) is 0 Å². The molecule has 0 radical (unpaired) electrons. The Labute approximate surface area is 163 Å². The van der Waals surface area contributed by atoms with Crippen molar-refractivity contribution in [3.8, 4) is 0 Å². The maximum atomic E-state index is 12.7. The molecule has 2 aromatic heterocycles. The van der Waals surface area contributed by atoms with Gasteiger partial charge in [0.2, 0.25) is 5.95 Å². The summed E-state index contributed by atoms with van der Waals surface area (Å²) in [5.41, 5.74) is 1.03. The molecule has 7 heteroatoms. The number of pyridine rings is 1. The quantitative estimate of drug-likeness (QED) is 0.859. The fourth-order valence-electron chi connectivity index (χ4n) is 5.33. The average molecular weight is 389 g/mol. The first kappa shape index (κ1) is 17.4. The van der Waals surface area contributed by atoms with Crippen LogP contribution in [0.2, 0.25) is 5.02 Å². The van der Waals surface area contributed by atoms with Crippen molar-refractivity contribution in [3.05, 3.63) is 27.6 Å². The Bertz CT molecular complexity index is 923. The van der Waals surface area contributed by atoms with Crippen molar-refractivity contribution < 1.29 is 4.74 Å². The van der Waals surface area contributed by atoms with Crippen LogP contribution in [0.4, 0.5) is 5.95 Å². The van der Waals surface area contributed by atoms with Gasteiger partial charge in [0, 0.05) is 30.8 Å². The molecule has 27 heavy (non-hydrogen) atoms. The summed E-state index contributed by atoms with van der Waals surface area (Å²) < 4.78 is 7.21. The number of hydrogen-bond acceptors (Lipinski definition) is 5. The molecule has 0 unspecified atom stereocenters. The Morgan fingerprint density at radius 1 is 1.26 bits per heavy atom. The normalized spacial score (nSPS) is 30.4. The third-order valence-corrected chi connectivity index (χ3v) is 7.04. The van der Waals surface area contributed by atoms with Gasteiger partial charge in [-0.05, 0) is 50.0 Å². The molecule has 3 fully saturated rings. The van der Waals surface area contributed by atoms with Gasteiger partial charge in [-0.2, -0.15) is 4.98 Å². The first-order chi connectivity index (χ1) is 13.1. The van der Waals surface area contributed by atoms with Crippen LogP contribution in [0.15, 0.2) is 17.1 Å². The predicted octanol–water partition coefficient (Wildman–Crippen LogP) is 3.93. The van der Waals surface area contributed by atoms with Gasteiger partial charge in [-0.15, -0.1) is 0 Å². The van der Waals surface area contributed by atoms with Gasteiger partial charge < -0.3 is 10.1 Å². The second-order valence-corrected chi connectivity index (χ2v) is 9.00. The van der Waals surface area contributed by atoms with Crippen molar-refractivity contribution in [2.45, 2.75) is 69.6 Å².